The molecule has 2 rings (SSSR count). The van der Waals surface area contributed by atoms with Crippen LogP contribution in [0.15, 0.2) is 53.4 Å². The summed E-state index contributed by atoms with van der Waals surface area (Å²) >= 11 is 5.86. The monoisotopic (exact) mass is 335 g/mol. The van der Waals surface area contributed by atoms with E-state index in [1.807, 2.05) is 0 Å². The standard InChI is InChI=1S/C16H14ClNO3S/c1-3-11-21-15-9-7-14(8-10-15)18(2)22(19,20)16-6-4-5-13(17)12-16/h1,4-10,12H,11H2,2H3. The summed E-state index contributed by atoms with van der Waals surface area (Å²) in [6.07, 6.45) is 5.11. The normalized spacial score (nSPS) is 10.8. The zero-order valence-electron chi connectivity index (χ0n) is 11.9. The molecule has 0 aliphatic rings. The van der Waals surface area contributed by atoms with Crippen LogP contribution >= 0.6 is 11.6 Å². The summed E-state index contributed by atoms with van der Waals surface area (Å²) in [5.74, 6) is 2.94. The Labute approximate surface area is 135 Å². The van der Waals surface area contributed by atoms with Gasteiger partial charge in [0, 0.05) is 12.1 Å². The van der Waals surface area contributed by atoms with E-state index in [9.17, 15) is 8.42 Å². The van der Waals surface area contributed by atoms with Crippen molar-refractivity contribution in [3.05, 3.63) is 53.6 Å². The van der Waals surface area contributed by atoms with Crippen LogP contribution in [-0.4, -0.2) is 22.1 Å². The molecular weight excluding hydrogens is 322 g/mol. The van der Waals surface area contributed by atoms with Gasteiger partial charge in [-0.1, -0.05) is 23.6 Å². The summed E-state index contributed by atoms with van der Waals surface area (Å²) in [6.45, 7) is 0.163. The number of nitrogens with zero attached hydrogens (tertiary/aromatic N) is 1. The van der Waals surface area contributed by atoms with Crippen LogP contribution < -0.4 is 9.04 Å². The lowest BCUT2D eigenvalue weighted by Gasteiger charge is -2.20. The predicted octanol–water partition coefficient (Wildman–Crippen LogP) is 3.18. The van der Waals surface area contributed by atoms with Crippen LogP contribution in [0.2, 0.25) is 5.02 Å². The highest BCUT2D eigenvalue weighted by Gasteiger charge is 2.21. The smallest absolute Gasteiger partial charge is 0.264 e. The highest BCUT2D eigenvalue weighted by molar-refractivity contribution is 7.92. The average Bonchev–Trinajstić information content (AvgIpc) is 2.52. The molecule has 0 fully saturated rings. The number of hydrogen-bond acceptors (Lipinski definition) is 3. The Morgan fingerprint density at radius 3 is 2.50 bits per heavy atom. The first kappa shape index (κ1) is 16.2. The van der Waals surface area contributed by atoms with Crippen LogP contribution in [0.25, 0.3) is 0 Å². The zero-order valence-corrected chi connectivity index (χ0v) is 13.4. The molecule has 0 radical (unpaired) electrons. The van der Waals surface area contributed by atoms with E-state index in [1.165, 1.54) is 23.5 Å². The lowest BCUT2D eigenvalue weighted by Crippen LogP contribution is -2.26. The van der Waals surface area contributed by atoms with Crippen molar-refractivity contribution in [2.24, 2.45) is 0 Å². The van der Waals surface area contributed by atoms with Crippen LogP contribution in [0.3, 0.4) is 0 Å². The first-order chi connectivity index (χ1) is 10.4. The van der Waals surface area contributed by atoms with Gasteiger partial charge in [-0.25, -0.2) is 8.42 Å². The zero-order chi connectivity index (χ0) is 16.2. The Kier molecular flexibility index (Phi) is 4.96. The van der Waals surface area contributed by atoms with Crippen LogP contribution in [0.4, 0.5) is 5.69 Å². The number of benzene rings is 2. The SMILES string of the molecule is C#CCOc1ccc(N(C)S(=O)(=O)c2cccc(Cl)c2)cc1. The minimum atomic E-state index is -3.67. The van der Waals surface area contributed by atoms with E-state index in [0.717, 1.165) is 0 Å². The number of anilines is 1. The third-order valence-corrected chi connectivity index (χ3v) is 4.99. The van der Waals surface area contributed by atoms with Gasteiger partial charge in [0.2, 0.25) is 0 Å². The van der Waals surface area contributed by atoms with Crippen LogP contribution in [0.1, 0.15) is 0 Å². The lowest BCUT2D eigenvalue weighted by molar-refractivity contribution is 0.370. The molecule has 0 aromatic heterocycles. The summed E-state index contributed by atoms with van der Waals surface area (Å²) in [6, 6.07) is 12.8. The Bertz CT molecular complexity index is 795. The third-order valence-electron chi connectivity index (χ3n) is 2.98. The Balaban J connectivity index is 2.27. The minimum Gasteiger partial charge on any atom is -0.481 e. The molecule has 0 spiro atoms. The summed E-state index contributed by atoms with van der Waals surface area (Å²) in [4.78, 5) is 0.134. The van der Waals surface area contributed by atoms with Gasteiger partial charge in [0.15, 0.2) is 0 Å². The van der Waals surface area contributed by atoms with E-state index in [2.05, 4.69) is 5.92 Å². The fourth-order valence-corrected chi connectivity index (χ4v) is 3.30. The molecule has 2 aromatic carbocycles. The quantitative estimate of drug-likeness (QED) is 0.788. The largest absolute Gasteiger partial charge is 0.481 e. The van der Waals surface area contributed by atoms with Gasteiger partial charge < -0.3 is 4.74 Å². The highest BCUT2D eigenvalue weighted by atomic mass is 35.5. The molecule has 4 nitrogen and oxygen atoms in total. The van der Waals surface area contributed by atoms with Gasteiger partial charge in [0.1, 0.15) is 12.4 Å². The predicted molar refractivity (Wildman–Crippen MR) is 87.8 cm³/mol. The van der Waals surface area contributed by atoms with Gasteiger partial charge in [0.25, 0.3) is 10.0 Å². The first-order valence-corrected chi connectivity index (χ1v) is 8.18. The maximum absolute atomic E-state index is 12.6. The molecule has 0 aliphatic carbocycles. The van der Waals surface area contributed by atoms with Gasteiger partial charge in [-0.05, 0) is 42.5 Å². The fourth-order valence-electron chi connectivity index (χ4n) is 1.80. The highest BCUT2D eigenvalue weighted by Crippen LogP contribution is 2.25. The van der Waals surface area contributed by atoms with Crippen LogP contribution in [0.5, 0.6) is 5.75 Å². The average molecular weight is 336 g/mol. The molecule has 0 bridgehead atoms. The van der Waals surface area contributed by atoms with Gasteiger partial charge in [-0.15, -0.1) is 6.42 Å². The number of terminal acetylenes is 1. The molecule has 0 saturated carbocycles. The minimum absolute atomic E-state index is 0.134. The van der Waals surface area contributed by atoms with E-state index in [-0.39, 0.29) is 11.5 Å². The number of ether oxygens (including phenoxy) is 1. The number of sulfonamides is 1. The maximum atomic E-state index is 12.6. The molecular formula is C16H14ClNO3S. The molecule has 0 N–H and O–H groups in total. The van der Waals surface area contributed by atoms with Gasteiger partial charge >= 0.3 is 0 Å². The van der Waals surface area contributed by atoms with Crippen molar-refractivity contribution in [1.82, 2.24) is 0 Å². The van der Waals surface area contributed by atoms with Gasteiger partial charge in [0.05, 0.1) is 10.6 Å². The van der Waals surface area contributed by atoms with Crippen molar-refractivity contribution in [2.45, 2.75) is 4.90 Å². The van der Waals surface area contributed by atoms with Crippen molar-refractivity contribution in [3.8, 4) is 18.1 Å². The van der Waals surface area contributed by atoms with Crippen molar-refractivity contribution in [1.29, 1.82) is 0 Å². The van der Waals surface area contributed by atoms with Gasteiger partial charge in [-0.3, -0.25) is 4.31 Å². The maximum Gasteiger partial charge on any atom is 0.264 e. The molecule has 0 amide bonds. The summed E-state index contributed by atoms with van der Waals surface area (Å²) < 4.78 is 31.5. The van der Waals surface area contributed by atoms with Crippen LogP contribution in [-0.2, 0) is 10.0 Å². The number of rotatable bonds is 5. The summed E-state index contributed by atoms with van der Waals surface area (Å²) in [5.41, 5.74) is 0.507. The fraction of sp³-hybridized carbons (Fsp3) is 0.125. The number of hydrogen-bond donors (Lipinski definition) is 0. The molecule has 0 unspecified atom stereocenters. The Morgan fingerprint density at radius 2 is 1.91 bits per heavy atom. The van der Waals surface area contributed by atoms with Crippen molar-refractivity contribution < 1.29 is 13.2 Å². The van der Waals surface area contributed by atoms with E-state index in [1.54, 1.807) is 36.4 Å². The molecule has 114 valence electrons. The molecule has 22 heavy (non-hydrogen) atoms. The van der Waals surface area contributed by atoms with Gasteiger partial charge in [-0.2, -0.15) is 0 Å². The molecule has 2 aromatic rings. The number of halogens is 1. The van der Waals surface area contributed by atoms with E-state index < -0.39 is 10.0 Å². The summed E-state index contributed by atoms with van der Waals surface area (Å²) in [5, 5.41) is 0.368. The molecule has 0 heterocycles. The van der Waals surface area contributed by atoms with Crippen molar-refractivity contribution >= 4 is 27.3 Å². The second-order valence-corrected chi connectivity index (χ2v) is 6.82. The Hall–Kier alpha value is -2.16. The van der Waals surface area contributed by atoms with Crippen molar-refractivity contribution in [2.75, 3.05) is 18.0 Å². The molecule has 0 saturated heterocycles. The topological polar surface area (TPSA) is 46.6 Å². The van der Waals surface area contributed by atoms with E-state index in [4.69, 9.17) is 22.8 Å². The summed E-state index contributed by atoms with van der Waals surface area (Å²) in [7, 11) is -2.19. The van der Waals surface area contributed by atoms with Crippen LogP contribution in [0, 0.1) is 12.3 Å². The second-order valence-electron chi connectivity index (χ2n) is 4.42. The molecule has 0 atom stereocenters. The van der Waals surface area contributed by atoms with Crippen molar-refractivity contribution in [3.63, 3.8) is 0 Å². The first-order valence-electron chi connectivity index (χ1n) is 6.36. The molecule has 6 heteroatoms. The molecule has 0 aliphatic heterocycles. The van der Waals surface area contributed by atoms with E-state index in [0.29, 0.717) is 16.5 Å². The van der Waals surface area contributed by atoms with E-state index >= 15 is 0 Å². The Morgan fingerprint density at radius 1 is 1.23 bits per heavy atom. The third kappa shape index (κ3) is 3.53. The second kappa shape index (κ2) is 6.73. The lowest BCUT2D eigenvalue weighted by atomic mass is 10.3.